The Kier molecular flexibility index (Phi) is 4.39. The van der Waals surface area contributed by atoms with Gasteiger partial charge in [0.15, 0.2) is 0 Å². The minimum absolute atomic E-state index is 0.321. The van der Waals surface area contributed by atoms with Crippen LogP contribution in [0.4, 0.5) is 0 Å². The summed E-state index contributed by atoms with van der Waals surface area (Å²) in [5.41, 5.74) is 5.90. The largest absolute Gasteiger partial charge is 0.328 e. The molecule has 2 heteroatoms. The molecule has 4 atom stereocenters. The second-order valence-corrected chi connectivity index (χ2v) is 5.31. The van der Waals surface area contributed by atoms with E-state index < -0.39 is 0 Å². The van der Waals surface area contributed by atoms with E-state index in [2.05, 4.69) is 32.6 Å². The van der Waals surface area contributed by atoms with E-state index in [0.29, 0.717) is 12.0 Å². The molecule has 1 aliphatic heterocycles. The van der Waals surface area contributed by atoms with Crippen molar-refractivity contribution in [3.63, 3.8) is 0 Å². The van der Waals surface area contributed by atoms with Crippen LogP contribution in [0.15, 0.2) is 0 Å². The first-order valence-electron chi connectivity index (χ1n) is 6.00. The number of nitrogens with two attached hydrogens (primary N) is 1. The standard InChI is InChI=1S/C12H26N2/c1-9-5-6-14(11(3)7-9)8-10(2)12(4)13/h9-12H,5-8,13H2,1-4H3. The molecule has 0 spiro atoms. The Balaban J connectivity index is 2.37. The molecule has 4 unspecified atom stereocenters. The summed E-state index contributed by atoms with van der Waals surface area (Å²) in [6.07, 6.45) is 2.71. The van der Waals surface area contributed by atoms with E-state index >= 15 is 0 Å². The predicted molar refractivity (Wildman–Crippen MR) is 62.2 cm³/mol. The van der Waals surface area contributed by atoms with Crippen molar-refractivity contribution in [2.24, 2.45) is 17.6 Å². The maximum Gasteiger partial charge on any atom is 0.00695 e. The molecule has 84 valence electrons. The van der Waals surface area contributed by atoms with Crippen molar-refractivity contribution in [1.29, 1.82) is 0 Å². The highest BCUT2D eigenvalue weighted by atomic mass is 15.2. The third-order valence-electron chi connectivity index (χ3n) is 3.70. The van der Waals surface area contributed by atoms with Crippen LogP contribution in [0.2, 0.25) is 0 Å². The van der Waals surface area contributed by atoms with Crippen molar-refractivity contribution in [2.75, 3.05) is 13.1 Å². The normalized spacial score (nSPS) is 34.1. The van der Waals surface area contributed by atoms with E-state index in [1.165, 1.54) is 25.9 Å². The van der Waals surface area contributed by atoms with Crippen LogP contribution in [0.3, 0.4) is 0 Å². The summed E-state index contributed by atoms with van der Waals surface area (Å²) in [6, 6.07) is 1.07. The van der Waals surface area contributed by atoms with Crippen LogP contribution in [0, 0.1) is 11.8 Å². The molecular weight excluding hydrogens is 172 g/mol. The zero-order chi connectivity index (χ0) is 10.7. The zero-order valence-corrected chi connectivity index (χ0v) is 10.2. The van der Waals surface area contributed by atoms with Crippen molar-refractivity contribution in [3.05, 3.63) is 0 Å². The fourth-order valence-corrected chi connectivity index (χ4v) is 2.26. The molecule has 0 bridgehead atoms. The molecule has 14 heavy (non-hydrogen) atoms. The fraction of sp³-hybridized carbons (Fsp3) is 1.00. The third kappa shape index (κ3) is 3.25. The van der Waals surface area contributed by atoms with Crippen molar-refractivity contribution in [1.82, 2.24) is 4.90 Å². The van der Waals surface area contributed by atoms with E-state index in [4.69, 9.17) is 5.73 Å². The Labute approximate surface area is 88.8 Å². The molecule has 0 saturated carbocycles. The molecule has 0 aromatic heterocycles. The zero-order valence-electron chi connectivity index (χ0n) is 10.2. The van der Waals surface area contributed by atoms with E-state index in [0.717, 1.165) is 12.0 Å². The molecule has 0 amide bonds. The van der Waals surface area contributed by atoms with Crippen LogP contribution in [-0.4, -0.2) is 30.1 Å². The van der Waals surface area contributed by atoms with Crippen LogP contribution in [0.25, 0.3) is 0 Å². The van der Waals surface area contributed by atoms with Gasteiger partial charge < -0.3 is 10.6 Å². The highest BCUT2D eigenvalue weighted by molar-refractivity contribution is 4.79. The van der Waals surface area contributed by atoms with Crippen molar-refractivity contribution < 1.29 is 0 Å². The van der Waals surface area contributed by atoms with Crippen molar-refractivity contribution in [3.8, 4) is 0 Å². The van der Waals surface area contributed by atoms with Crippen molar-refractivity contribution >= 4 is 0 Å². The maximum absolute atomic E-state index is 5.90. The molecule has 0 aromatic rings. The molecule has 1 saturated heterocycles. The Bertz CT molecular complexity index is 168. The van der Waals surface area contributed by atoms with Gasteiger partial charge in [-0.3, -0.25) is 0 Å². The Hall–Kier alpha value is -0.0800. The Morgan fingerprint density at radius 3 is 2.50 bits per heavy atom. The first-order chi connectivity index (χ1) is 6.50. The summed E-state index contributed by atoms with van der Waals surface area (Å²) < 4.78 is 0. The quantitative estimate of drug-likeness (QED) is 0.752. The lowest BCUT2D eigenvalue weighted by atomic mass is 9.92. The summed E-state index contributed by atoms with van der Waals surface area (Å²) in [4.78, 5) is 2.61. The summed E-state index contributed by atoms with van der Waals surface area (Å²) in [6.45, 7) is 11.5. The van der Waals surface area contributed by atoms with Crippen LogP contribution in [0.1, 0.15) is 40.5 Å². The van der Waals surface area contributed by atoms with Gasteiger partial charge in [-0.15, -0.1) is 0 Å². The van der Waals surface area contributed by atoms with Gasteiger partial charge in [0, 0.05) is 18.6 Å². The van der Waals surface area contributed by atoms with Crippen LogP contribution in [-0.2, 0) is 0 Å². The lowest BCUT2D eigenvalue weighted by Gasteiger charge is -2.38. The lowest BCUT2D eigenvalue weighted by Crippen LogP contribution is -2.45. The van der Waals surface area contributed by atoms with Crippen LogP contribution in [0.5, 0.6) is 0 Å². The Morgan fingerprint density at radius 2 is 2.00 bits per heavy atom. The van der Waals surface area contributed by atoms with E-state index in [1.54, 1.807) is 0 Å². The minimum Gasteiger partial charge on any atom is -0.328 e. The first-order valence-corrected chi connectivity index (χ1v) is 6.00. The van der Waals surface area contributed by atoms with Gasteiger partial charge in [-0.25, -0.2) is 0 Å². The number of rotatable bonds is 3. The van der Waals surface area contributed by atoms with E-state index in [-0.39, 0.29) is 0 Å². The molecular formula is C12H26N2. The van der Waals surface area contributed by atoms with Gasteiger partial charge in [0.1, 0.15) is 0 Å². The highest BCUT2D eigenvalue weighted by Gasteiger charge is 2.24. The topological polar surface area (TPSA) is 29.3 Å². The monoisotopic (exact) mass is 198 g/mol. The number of hydrogen-bond donors (Lipinski definition) is 1. The second-order valence-electron chi connectivity index (χ2n) is 5.31. The summed E-state index contributed by atoms with van der Waals surface area (Å²) in [5, 5.41) is 0. The summed E-state index contributed by atoms with van der Waals surface area (Å²) in [7, 11) is 0. The second kappa shape index (κ2) is 5.13. The molecule has 0 radical (unpaired) electrons. The van der Waals surface area contributed by atoms with Gasteiger partial charge in [0.05, 0.1) is 0 Å². The predicted octanol–water partition coefficient (Wildman–Crippen LogP) is 2.09. The smallest absolute Gasteiger partial charge is 0.00695 e. The van der Waals surface area contributed by atoms with Gasteiger partial charge in [0.2, 0.25) is 0 Å². The van der Waals surface area contributed by atoms with E-state index in [9.17, 15) is 0 Å². The molecule has 0 aliphatic carbocycles. The molecule has 1 heterocycles. The number of likely N-dealkylation sites (tertiary alicyclic amines) is 1. The van der Waals surface area contributed by atoms with Gasteiger partial charge in [0.25, 0.3) is 0 Å². The SMILES string of the molecule is CC1CCN(CC(C)C(C)N)C(C)C1. The Morgan fingerprint density at radius 1 is 1.36 bits per heavy atom. The molecule has 1 aliphatic rings. The summed E-state index contributed by atoms with van der Waals surface area (Å²) >= 11 is 0. The van der Waals surface area contributed by atoms with Crippen LogP contribution < -0.4 is 5.73 Å². The first kappa shape index (κ1) is 12.0. The fourth-order valence-electron chi connectivity index (χ4n) is 2.26. The maximum atomic E-state index is 5.90. The number of hydrogen-bond acceptors (Lipinski definition) is 2. The molecule has 0 aromatic carbocycles. The van der Waals surface area contributed by atoms with Crippen molar-refractivity contribution in [2.45, 2.75) is 52.6 Å². The molecule has 1 rings (SSSR count). The molecule has 1 fully saturated rings. The molecule has 2 N–H and O–H groups in total. The number of piperidine rings is 1. The average Bonchev–Trinajstić information content (AvgIpc) is 2.09. The number of nitrogens with zero attached hydrogens (tertiary/aromatic N) is 1. The van der Waals surface area contributed by atoms with Gasteiger partial charge in [-0.05, 0) is 45.1 Å². The molecule has 2 nitrogen and oxygen atoms in total. The lowest BCUT2D eigenvalue weighted by molar-refractivity contribution is 0.108. The summed E-state index contributed by atoms with van der Waals surface area (Å²) in [5.74, 6) is 1.53. The van der Waals surface area contributed by atoms with Gasteiger partial charge in [-0.1, -0.05) is 13.8 Å². The van der Waals surface area contributed by atoms with Gasteiger partial charge in [-0.2, -0.15) is 0 Å². The third-order valence-corrected chi connectivity index (χ3v) is 3.70. The minimum atomic E-state index is 0.321. The van der Waals surface area contributed by atoms with Gasteiger partial charge >= 0.3 is 0 Å². The average molecular weight is 198 g/mol. The highest BCUT2D eigenvalue weighted by Crippen LogP contribution is 2.23. The van der Waals surface area contributed by atoms with Crippen LogP contribution >= 0.6 is 0 Å². The van der Waals surface area contributed by atoms with E-state index in [1.807, 2.05) is 0 Å².